The van der Waals surface area contributed by atoms with Crippen molar-refractivity contribution >= 4 is 33.1 Å². The number of nitrogens with one attached hydrogen (secondary N) is 2. The molecular weight excluding hydrogens is 330 g/mol. The Bertz CT molecular complexity index is 829. The number of piperidine rings is 1. The van der Waals surface area contributed by atoms with E-state index in [1.54, 1.807) is 11.3 Å². The fourth-order valence-electron chi connectivity index (χ4n) is 3.54. The molecule has 5 heteroatoms. The maximum Gasteiger partial charge on any atom is 0.279 e. The molecule has 4 rings (SSSR count). The van der Waals surface area contributed by atoms with Crippen LogP contribution in [-0.2, 0) is 4.79 Å². The highest BCUT2D eigenvalue weighted by Gasteiger charge is 2.28. The molecule has 1 aliphatic rings. The number of carbonyl (C=O) groups is 1. The average molecular weight is 352 g/mol. The molecule has 1 unspecified atom stereocenters. The van der Waals surface area contributed by atoms with Gasteiger partial charge in [-0.3, -0.25) is 4.79 Å². The molecular formula is C20H22N3OS+. The van der Waals surface area contributed by atoms with Gasteiger partial charge < -0.3 is 10.2 Å². The van der Waals surface area contributed by atoms with E-state index >= 15 is 0 Å². The van der Waals surface area contributed by atoms with Crippen LogP contribution in [0.25, 0.3) is 10.2 Å². The molecule has 2 aromatic carbocycles. The number of amides is 1. The van der Waals surface area contributed by atoms with E-state index in [2.05, 4.69) is 23.5 Å². The molecule has 1 amide bonds. The highest BCUT2D eigenvalue weighted by atomic mass is 32.1. The molecule has 128 valence electrons. The maximum atomic E-state index is 12.3. The number of quaternary nitrogens is 1. The topological polar surface area (TPSA) is 46.4 Å². The van der Waals surface area contributed by atoms with Crippen LogP contribution in [0.4, 0.5) is 5.69 Å². The van der Waals surface area contributed by atoms with Crippen molar-refractivity contribution in [2.75, 3.05) is 25.0 Å². The minimum Gasteiger partial charge on any atom is -0.327 e. The van der Waals surface area contributed by atoms with Crippen LogP contribution in [0.2, 0.25) is 0 Å². The van der Waals surface area contributed by atoms with Crippen molar-refractivity contribution in [3.8, 4) is 0 Å². The summed E-state index contributed by atoms with van der Waals surface area (Å²) in [6.45, 7) is 2.57. The van der Waals surface area contributed by atoms with Crippen LogP contribution in [0.1, 0.15) is 23.8 Å². The highest BCUT2D eigenvalue weighted by Crippen LogP contribution is 2.30. The molecule has 1 fully saturated rings. The summed E-state index contributed by atoms with van der Waals surface area (Å²) in [7, 11) is 0. The van der Waals surface area contributed by atoms with Gasteiger partial charge in [0.25, 0.3) is 5.91 Å². The number of para-hydroxylation sites is 2. The Morgan fingerprint density at radius 1 is 1.16 bits per heavy atom. The van der Waals surface area contributed by atoms with Gasteiger partial charge in [-0.1, -0.05) is 30.3 Å². The number of benzene rings is 2. The second-order valence-electron chi connectivity index (χ2n) is 6.65. The second kappa shape index (κ2) is 7.33. The molecule has 2 atom stereocenters. The standard InChI is InChI=1S/C20H21N3OS/c24-19(21-16-8-2-1-3-9-16)14-23-12-6-7-15(13-23)20-22-17-10-4-5-11-18(17)25-20/h1-5,8-11,15H,6-7,12-14H2,(H,21,24)/p+1/t15-/m0/s1. The van der Waals surface area contributed by atoms with Gasteiger partial charge in [0.2, 0.25) is 0 Å². The molecule has 1 aromatic heterocycles. The van der Waals surface area contributed by atoms with Gasteiger partial charge in [0, 0.05) is 5.69 Å². The van der Waals surface area contributed by atoms with Gasteiger partial charge >= 0.3 is 0 Å². The lowest BCUT2D eigenvalue weighted by molar-refractivity contribution is -0.898. The third-order valence-electron chi connectivity index (χ3n) is 4.75. The van der Waals surface area contributed by atoms with Gasteiger partial charge in [-0.2, -0.15) is 0 Å². The van der Waals surface area contributed by atoms with Crippen LogP contribution in [0.3, 0.4) is 0 Å². The van der Waals surface area contributed by atoms with Crippen molar-refractivity contribution in [1.82, 2.24) is 4.98 Å². The lowest BCUT2D eigenvalue weighted by Gasteiger charge is -2.28. The minimum atomic E-state index is 0.0890. The monoisotopic (exact) mass is 352 g/mol. The number of nitrogens with zero attached hydrogens (tertiary/aromatic N) is 1. The zero-order valence-corrected chi connectivity index (χ0v) is 14.9. The van der Waals surface area contributed by atoms with E-state index in [0.29, 0.717) is 12.5 Å². The lowest BCUT2D eigenvalue weighted by Crippen LogP contribution is -3.14. The average Bonchev–Trinajstić information content (AvgIpc) is 3.07. The molecule has 0 bridgehead atoms. The number of rotatable bonds is 4. The number of thiazole rings is 1. The van der Waals surface area contributed by atoms with Gasteiger partial charge in [-0.05, 0) is 37.1 Å². The van der Waals surface area contributed by atoms with Crippen LogP contribution >= 0.6 is 11.3 Å². The van der Waals surface area contributed by atoms with Crippen LogP contribution in [-0.4, -0.2) is 30.5 Å². The molecule has 25 heavy (non-hydrogen) atoms. The zero-order valence-electron chi connectivity index (χ0n) is 14.1. The first-order chi connectivity index (χ1) is 12.3. The van der Waals surface area contributed by atoms with Crippen LogP contribution in [0, 0.1) is 0 Å². The second-order valence-corrected chi connectivity index (χ2v) is 7.72. The van der Waals surface area contributed by atoms with Crippen molar-refractivity contribution in [2.24, 2.45) is 0 Å². The predicted octanol–water partition coefficient (Wildman–Crippen LogP) is 2.70. The van der Waals surface area contributed by atoms with Gasteiger partial charge in [0.15, 0.2) is 6.54 Å². The molecule has 0 saturated carbocycles. The van der Waals surface area contributed by atoms with Gasteiger partial charge in [0.05, 0.1) is 29.2 Å². The van der Waals surface area contributed by atoms with E-state index in [4.69, 9.17) is 4.98 Å². The first kappa shape index (κ1) is 16.2. The number of likely N-dealkylation sites (tertiary alicyclic amines) is 1. The quantitative estimate of drug-likeness (QED) is 0.758. The summed E-state index contributed by atoms with van der Waals surface area (Å²) in [6.07, 6.45) is 2.32. The Morgan fingerprint density at radius 3 is 2.80 bits per heavy atom. The highest BCUT2D eigenvalue weighted by molar-refractivity contribution is 7.18. The summed E-state index contributed by atoms with van der Waals surface area (Å²) in [4.78, 5) is 18.5. The molecule has 1 saturated heterocycles. The smallest absolute Gasteiger partial charge is 0.279 e. The Morgan fingerprint density at radius 2 is 1.96 bits per heavy atom. The van der Waals surface area contributed by atoms with E-state index in [1.807, 2.05) is 36.4 Å². The normalized spacial score (nSPS) is 20.5. The van der Waals surface area contributed by atoms with Gasteiger partial charge in [-0.25, -0.2) is 4.98 Å². The molecule has 3 aromatic rings. The van der Waals surface area contributed by atoms with Crippen LogP contribution in [0.5, 0.6) is 0 Å². The molecule has 4 nitrogen and oxygen atoms in total. The fourth-order valence-corrected chi connectivity index (χ4v) is 4.64. The summed E-state index contributed by atoms with van der Waals surface area (Å²) in [5.41, 5.74) is 1.96. The summed E-state index contributed by atoms with van der Waals surface area (Å²) in [5.74, 6) is 0.553. The van der Waals surface area contributed by atoms with E-state index < -0.39 is 0 Å². The number of aromatic nitrogens is 1. The predicted molar refractivity (Wildman–Crippen MR) is 102 cm³/mol. The molecule has 2 heterocycles. The Labute approximate surface area is 151 Å². The van der Waals surface area contributed by atoms with Crippen LogP contribution in [0.15, 0.2) is 54.6 Å². The van der Waals surface area contributed by atoms with Crippen molar-refractivity contribution in [3.05, 3.63) is 59.6 Å². The Kier molecular flexibility index (Phi) is 4.76. The van der Waals surface area contributed by atoms with E-state index in [9.17, 15) is 4.79 Å². The Hall–Kier alpha value is -2.24. The maximum absolute atomic E-state index is 12.3. The van der Waals surface area contributed by atoms with E-state index in [1.165, 1.54) is 21.0 Å². The van der Waals surface area contributed by atoms with Crippen molar-refractivity contribution < 1.29 is 9.69 Å². The SMILES string of the molecule is O=C(C[NH+]1CCC[C@H](c2nc3ccccc3s2)C1)Nc1ccccc1. The van der Waals surface area contributed by atoms with Crippen molar-refractivity contribution in [2.45, 2.75) is 18.8 Å². The minimum absolute atomic E-state index is 0.0890. The summed E-state index contributed by atoms with van der Waals surface area (Å²) in [5, 5.41) is 4.22. The largest absolute Gasteiger partial charge is 0.327 e. The van der Waals surface area contributed by atoms with Crippen LogP contribution < -0.4 is 10.2 Å². The zero-order chi connectivity index (χ0) is 17.1. The van der Waals surface area contributed by atoms with Crippen molar-refractivity contribution in [3.63, 3.8) is 0 Å². The van der Waals surface area contributed by atoms with Gasteiger partial charge in [0.1, 0.15) is 5.01 Å². The number of hydrogen-bond donors (Lipinski definition) is 2. The molecule has 0 radical (unpaired) electrons. The third-order valence-corrected chi connectivity index (χ3v) is 5.94. The Balaban J connectivity index is 1.39. The molecule has 1 aliphatic heterocycles. The van der Waals surface area contributed by atoms with E-state index in [0.717, 1.165) is 30.7 Å². The lowest BCUT2D eigenvalue weighted by atomic mass is 9.99. The van der Waals surface area contributed by atoms with E-state index in [-0.39, 0.29) is 5.91 Å². The summed E-state index contributed by atoms with van der Waals surface area (Å²) >= 11 is 1.80. The fraction of sp³-hybridized carbons (Fsp3) is 0.300. The summed E-state index contributed by atoms with van der Waals surface area (Å²) in [6, 6.07) is 18.0. The molecule has 2 N–H and O–H groups in total. The third kappa shape index (κ3) is 3.89. The number of fused-ring (bicyclic) bond motifs is 1. The molecule has 0 spiro atoms. The summed E-state index contributed by atoms with van der Waals surface area (Å²) < 4.78 is 1.26. The van der Waals surface area contributed by atoms with Gasteiger partial charge in [-0.15, -0.1) is 11.3 Å². The molecule has 0 aliphatic carbocycles. The number of anilines is 1. The first-order valence-corrected chi connectivity index (χ1v) is 9.63. The number of carbonyl (C=O) groups excluding carboxylic acids is 1. The van der Waals surface area contributed by atoms with Crippen molar-refractivity contribution in [1.29, 1.82) is 0 Å². The number of hydrogen-bond acceptors (Lipinski definition) is 3. The first-order valence-electron chi connectivity index (χ1n) is 8.82.